The van der Waals surface area contributed by atoms with Crippen LogP contribution < -0.4 is 5.43 Å². The van der Waals surface area contributed by atoms with Crippen LogP contribution in [0.15, 0.2) is 59.7 Å². The molecule has 1 N–H and O–H groups in total. The Labute approximate surface area is 176 Å². The van der Waals surface area contributed by atoms with Crippen LogP contribution in [0, 0.1) is 20.8 Å². The molecular weight excluding hydrogens is 378 g/mol. The molecular formula is C24H25N3O3. The molecule has 2 aromatic carbocycles. The van der Waals surface area contributed by atoms with Gasteiger partial charge in [-0.1, -0.05) is 23.8 Å². The van der Waals surface area contributed by atoms with Gasteiger partial charge in [0.25, 0.3) is 5.91 Å². The molecule has 6 nitrogen and oxygen atoms in total. The summed E-state index contributed by atoms with van der Waals surface area (Å²) in [5, 5.41) is 4.11. The molecule has 0 bridgehead atoms. The first-order valence-corrected chi connectivity index (χ1v) is 9.77. The number of ether oxygens (including phenoxy) is 1. The number of hydrogen-bond acceptors (Lipinski definition) is 4. The summed E-state index contributed by atoms with van der Waals surface area (Å²) in [5.74, 6) is -0.603. The zero-order valence-electron chi connectivity index (χ0n) is 17.6. The zero-order chi connectivity index (χ0) is 21.7. The summed E-state index contributed by atoms with van der Waals surface area (Å²) in [5.41, 5.74) is 8.31. The summed E-state index contributed by atoms with van der Waals surface area (Å²) in [4.78, 5) is 24.3. The van der Waals surface area contributed by atoms with Crippen molar-refractivity contribution in [3.63, 3.8) is 0 Å². The van der Waals surface area contributed by atoms with E-state index >= 15 is 0 Å². The van der Waals surface area contributed by atoms with Crippen LogP contribution in [0.1, 0.15) is 50.2 Å². The minimum absolute atomic E-state index is 0.258. The van der Waals surface area contributed by atoms with E-state index in [1.54, 1.807) is 31.3 Å². The van der Waals surface area contributed by atoms with Crippen LogP contribution in [-0.4, -0.2) is 29.3 Å². The number of aryl methyl sites for hydroxylation is 2. The van der Waals surface area contributed by atoms with Crippen LogP contribution >= 0.6 is 0 Å². The van der Waals surface area contributed by atoms with Crippen molar-refractivity contribution < 1.29 is 14.3 Å². The highest BCUT2D eigenvalue weighted by Gasteiger charge is 2.13. The van der Waals surface area contributed by atoms with Crippen LogP contribution in [-0.2, 0) is 4.74 Å². The van der Waals surface area contributed by atoms with Gasteiger partial charge in [0.15, 0.2) is 0 Å². The number of nitrogens with one attached hydrogen (secondary N) is 1. The van der Waals surface area contributed by atoms with Crippen molar-refractivity contribution in [1.82, 2.24) is 9.99 Å². The number of carbonyl (C=O) groups is 2. The maximum Gasteiger partial charge on any atom is 0.338 e. The van der Waals surface area contributed by atoms with Crippen LogP contribution in [0.4, 0.5) is 0 Å². The van der Waals surface area contributed by atoms with Crippen molar-refractivity contribution >= 4 is 18.1 Å². The van der Waals surface area contributed by atoms with Crippen LogP contribution in [0.25, 0.3) is 5.69 Å². The molecule has 1 amide bonds. The van der Waals surface area contributed by atoms with Crippen LogP contribution in [0.2, 0.25) is 0 Å². The van der Waals surface area contributed by atoms with Gasteiger partial charge in [0.1, 0.15) is 0 Å². The lowest BCUT2D eigenvalue weighted by atomic mass is 10.1. The fourth-order valence-electron chi connectivity index (χ4n) is 3.31. The van der Waals surface area contributed by atoms with Gasteiger partial charge in [0.2, 0.25) is 0 Å². The quantitative estimate of drug-likeness (QED) is 0.378. The Balaban J connectivity index is 1.81. The average molecular weight is 403 g/mol. The van der Waals surface area contributed by atoms with Gasteiger partial charge in [-0.2, -0.15) is 5.10 Å². The molecule has 0 unspecified atom stereocenters. The molecule has 0 fully saturated rings. The van der Waals surface area contributed by atoms with E-state index in [1.807, 2.05) is 61.7 Å². The van der Waals surface area contributed by atoms with Crippen molar-refractivity contribution in [3.8, 4) is 5.69 Å². The Morgan fingerprint density at radius 1 is 1.03 bits per heavy atom. The summed E-state index contributed by atoms with van der Waals surface area (Å²) in [6, 6.07) is 16.6. The summed E-state index contributed by atoms with van der Waals surface area (Å²) in [7, 11) is 0. The Hall–Kier alpha value is -3.67. The second-order valence-corrected chi connectivity index (χ2v) is 7.00. The fraction of sp³-hybridized carbons (Fsp3) is 0.208. The fourth-order valence-corrected chi connectivity index (χ4v) is 3.31. The third kappa shape index (κ3) is 4.66. The Morgan fingerprint density at radius 3 is 2.50 bits per heavy atom. The third-order valence-corrected chi connectivity index (χ3v) is 4.74. The second-order valence-electron chi connectivity index (χ2n) is 7.00. The number of amides is 1. The first-order valence-electron chi connectivity index (χ1n) is 9.77. The first-order chi connectivity index (χ1) is 14.4. The number of nitrogens with zero attached hydrogens (tertiary/aromatic N) is 2. The minimum atomic E-state index is -0.345. The molecule has 3 aromatic rings. The molecule has 6 heteroatoms. The highest BCUT2D eigenvalue weighted by Crippen LogP contribution is 2.21. The van der Waals surface area contributed by atoms with Gasteiger partial charge in [-0.3, -0.25) is 4.79 Å². The molecule has 0 spiro atoms. The van der Waals surface area contributed by atoms with Crippen molar-refractivity contribution in [3.05, 3.63) is 88.2 Å². The van der Waals surface area contributed by atoms with Crippen molar-refractivity contribution in [2.24, 2.45) is 5.10 Å². The number of aromatic nitrogens is 1. The number of rotatable bonds is 6. The molecule has 0 aliphatic carbocycles. The molecule has 1 heterocycles. The maximum atomic E-state index is 12.2. The number of carbonyl (C=O) groups excluding carboxylic acids is 2. The molecule has 154 valence electrons. The topological polar surface area (TPSA) is 72.7 Å². The van der Waals surface area contributed by atoms with E-state index < -0.39 is 0 Å². The number of esters is 1. The molecule has 0 aliphatic heterocycles. The minimum Gasteiger partial charge on any atom is -0.462 e. The van der Waals surface area contributed by atoms with Crippen molar-refractivity contribution in [2.75, 3.05) is 6.61 Å². The predicted octanol–water partition coefficient (Wildman–Crippen LogP) is 4.34. The van der Waals surface area contributed by atoms with E-state index in [4.69, 9.17) is 4.74 Å². The molecule has 3 rings (SSSR count). The standard InChI is InChI=1S/C24H25N3O3/c1-5-30-24(29)20-10-7-11-22(14-20)27-17(3)13-21(18(27)4)15-25-26-23(28)19-9-6-8-16(2)12-19/h6-15H,5H2,1-4H3,(H,26,28)/b25-15-. The van der Waals surface area contributed by atoms with Gasteiger partial charge in [-0.05, 0) is 64.1 Å². The van der Waals surface area contributed by atoms with Crippen molar-refractivity contribution in [2.45, 2.75) is 27.7 Å². The second kappa shape index (κ2) is 9.22. The maximum absolute atomic E-state index is 12.2. The van der Waals surface area contributed by atoms with E-state index in [0.29, 0.717) is 17.7 Å². The molecule has 0 atom stereocenters. The molecule has 0 saturated carbocycles. The highest BCUT2D eigenvalue weighted by molar-refractivity contribution is 5.95. The van der Waals surface area contributed by atoms with E-state index in [9.17, 15) is 9.59 Å². The SMILES string of the molecule is CCOC(=O)c1cccc(-n2c(C)cc(/C=N\NC(=O)c3cccc(C)c3)c2C)c1. The first kappa shape index (κ1) is 21.0. The van der Waals surface area contributed by atoms with Gasteiger partial charge in [0, 0.05) is 28.2 Å². The lowest BCUT2D eigenvalue weighted by Crippen LogP contribution is -2.17. The number of hydrazone groups is 1. The van der Waals surface area contributed by atoms with E-state index in [2.05, 4.69) is 10.5 Å². The molecule has 0 radical (unpaired) electrons. The van der Waals surface area contributed by atoms with E-state index in [0.717, 1.165) is 28.2 Å². The van der Waals surface area contributed by atoms with Crippen LogP contribution in [0.5, 0.6) is 0 Å². The largest absolute Gasteiger partial charge is 0.462 e. The summed E-state index contributed by atoms with van der Waals surface area (Å²) in [6.45, 7) is 8.00. The predicted molar refractivity (Wildman–Crippen MR) is 117 cm³/mol. The zero-order valence-corrected chi connectivity index (χ0v) is 17.6. The Morgan fingerprint density at radius 2 is 1.77 bits per heavy atom. The van der Waals surface area contributed by atoms with Gasteiger partial charge in [0.05, 0.1) is 18.4 Å². The lowest BCUT2D eigenvalue weighted by molar-refractivity contribution is 0.0526. The molecule has 30 heavy (non-hydrogen) atoms. The Bertz CT molecular complexity index is 1110. The molecule has 1 aromatic heterocycles. The van der Waals surface area contributed by atoms with Crippen LogP contribution in [0.3, 0.4) is 0 Å². The van der Waals surface area contributed by atoms with Crippen molar-refractivity contribution in [1.29, 1.82) is 0 Å². The molecule has 0 aliphatic rings. The lowest BCUT2D eigenvalue weighted by Gasteiger charge is -2.11. The normalized spacial score (nSPS) is 10.9. The summed E-state index contributed by atoms with van der Waals surface area (Å²) in [6.07, 6.45) is 1.63. The molecule has 0 saturated heterocycles. The Kier molecular flexibility index (Phi) is 6.47. The smallest absolute Gasteiger partial charge is 0.338 e. The van der Waals surface area contributed by atoms with Gasteiger partial charge in [-0.25, -0.2) is 10.2 Å². The average Bonchev–Trinajstić information content (AvgIpc) is 3.01. The van der Waals surface area contributed by atoms with Gasteiger partial charge >= 0.3 is 5.97 Å². The highest BCUT2D eigenvalue weighted by atomic mass is 16.5. The summed E-state index contributed by atoms with van der Waals surface area (Å²) < 4.78 is 7.13. The monoisotopic (exact) mass is 403 g/mol. The third-order valence-electron chi connectivity index (χ3n) is 4.74. The summed E-state index contributed by atoms with van der Waals surface area (Å²) >= 11 is 0. The van der Waals surface area contributed by atoms with E-state index in [-0.39, 0.29) is 11.9 Å². The van der Waals surface area contributed by atoms with Gasteiger partial charge < -0.3 is 9.30 Å². The van der Waals surface area contributed by atoms with Gasteiger partial charge in [-0.15, -0.1) is 0 Å². The number of hydrogen-bond donors (Lipinski definition) is 1. The number of benzene rings is 2. The van der Waals surface area contributed by atoms with E-state index in [1.165, 1.54) is 0 Å².